The molecule has 24 heavy (non-hydrogen) atoms. The summed E-state index contributed by atoms with van der Waals surface area (Å²) in [6.07, 6.45) is 1.87. The van der Waals surface area contributed by atoms with Gasteiger partial charge < -0.3 is 4.90 Å². The highest BCUT2D eigenvalue weighted by atomic mass is 32.2. The van der Waals surface area contributed by atoms with Crippen LogP contribution in [0.1, 0.15) is 24.0 Å². The van der Waals surface area contributed by atoms with Crippen molar-refractivity contribution in [1.82, 2.24) is 0 Å². The lowest BCUT2D eigenvalue weighted by molar-refractivity contribution is -0.118. The fraction of sp³-hybridized carbons (Fsp3) is 0.316. The molecule has 0 saturated heterocycles. The van der Waals surface area contributed by atoms with Crippen molar-refractivity contribution in [3.63, 3.8) is 0 Å². The van der Waals surface area contributed by atoms with Crippen LogP contribution >= 0.6 is 0 Å². The number of rotatable bonds is 4. The molecule has 1 amide bonds. The number of hydrogen-bond acceptors (Lipinski definition) is 3. The van der Waals surface area contributed by atoms with Crippen LogP contribution < -0.4 is 4.90 Å². The smallest absolute Gasteiger partial charge is 0.228 e. The number of carbonyl (C=O) groups is 1. The van der Waals surface area contributed by atoms with Crippen LogP contribution in [0.25, 0.3) is 0 Å². The summed E-state index contributed by atoms with van der Waals surface area (Å²) in [4.78, 5) is 14.6. The molecule has 2 aromatic carbocycles. The number of anilines is 1. The molecule has 0 atom stereocenters. The summed E-state index contributed by atoms with van der Waals surface area (Å²) in [6.45, 7) is 2.56. The van der Waals surface area contributed by atoms with Gasteiger partial charge in [0.1, 0.15) is 0 Å². The topological polar surface area (TPSA) is 54.5 Å². The third-order valence-electron chi connectivity index (χ3n) is 4.38. The minimum Gasteiger partial charge on any atom is -0.312 e. The molecule has 0 fully saturated rings. The van der Waals surface area contributed by atoms with Gasteiger partial charge in [-0.25, -0.2) is 8.42 Å². The highest BCUT2D eigenvalue weighted by molar-refractivity contribution is 7.91. The summed E-state index contributed by atoms with van der Waals surface area (Å²) in [5.41, 5.74) is 3.08. The quantitative estimate of drug-likeness (QED) is 0.857. The molecule has 3 rings (SSSR count). The van der Waals surface area contributed by atoms with E-state index in [1.54, 1.807) is 29.2 Å². The molecule has 0 aromatic heterocycles. The van der Waals surface area contributed by atoms with Crippen molar-refractivity contribution >= 4 is 21.4 Å². The van der Waals surface area contributed by atoms with Crippen LogP contribution in [-0.2, 0) is 21.1 Å². The van der Waals surface area contributed by atoms with Crippen LogP contribution in [-0.4, -0.2) is 26.6 Å². The van der Waals surface area contributed by atoms with Crippen LogP contribution in [0.4, 0.5) is 5.69 Å². The van der Waals surface area contributed by atoms with Crippen LogP contribution in [0.3, 0.4) is 0 Å². The maximum absolute atomic E-state index is 12.6. The Morgan fingerprint density at radius 2 is 1.79 bits per heavy atom. The second-order valence-electron chi connectivity index (χ2n) is 6.16. The molecule has 0 spiro atoms. The average Bonchev–Trinajstić information content (AvgIpc) is 2.59. The molecular weight excluding hydrogens is 322 g/mol. The number of fused-ring (bicyclic) bond motifs is 1. The second kappa shape index (κ2) is 6.77. The van der Waals surface area contributed by atoms with Gasteiger partial charge in [0.15, 0.2) is 9.84 Å². The summed E-state index contributed by atoms with van der Waals surface area (Å²) in [7, 11) is -3.44. The molecule has 0 N–H and O–H groups in total. The Hall–Kier alpha value is -2.14. The number of aryl methyl sites for hydroxylation is 2. The Kier molecular flexibility index (Phi) is 4.71. The van der Waals surface area contributed by atoms with E-state index in [1.165, 1.54) is 0 Å². The van der Waals surface area contributed by atoms with Gasteiger partial charge in [-0.3, -0.25) is 4.79 Å². The average molecular weight is 343 g/mol. The van der Waals surface area contributed by atoms with Gasteiger partial charge in [-0.05, 0) is 43.5 Å². The monoisotopic (exact) mass is 343 g/mol. The van der Waals surface area contributed by atoms with E-state index < -0.39 is 9.84 Å². The first-order valence-electron chi connectivity index (χ1n) is 8.15. The minimum atomic E-state index is -3.44. The van der Waals surface area contributed by atoms with E-state index in [1.807, 2.05) is 31.2 Å². The van der Waals surface area contributed by atoms with E-state index in [0.29, 0.717) is 6.54 Å². The zero-order valence-electron chi connectivity index (χ0n) is 13.7. The minimum absolute atomic E-state index is 0.00451. The fourth-order valence-corrected chi connectivity index (χ4v) is 4.24. The molecular formula is C19H21NO3S. The van der Waals surface area contributed by atoms with Gasteiger partial charge in [-0.2, -0.15) is 0 Å². The number of sulfone groups is 1. The van der Waals surface area contributed by atoms with Crippen LogP contribution in [0, 0.1) is 6.92 Å². The second-order valence-corrected chi connectivity index (χ2v) is 8.27. The van der Waals surface area contributed by atoms with Crippen molar-refractivity contribution in [3.8, 4) is 0 Å². The summed E-state index contributed by atoms with van der Waals surface area (Å²) >= 11 is 0. The highest BCUT2D eigenvalue weighted by Gasteiger charge is 2.24. The van der Waals surface area contributed by atoms with Gasteiger partial charge in [0.25, 0.3) is 0 Å². The van der Waals surface area contributed by atoms with Gasteiger partial charge in [0.2, 0.25) is 5.91 Å². The molecule has 1 heterocycles. The van der Waals surface area contributed by atoms with Gasteiger partial charge >= 0.3 is 0 Å². The van der Waals surface area contributed by atoms with E-state index in [4.69, 9.17) is 0 Å². The third-order valence-corrected chi connectivity index (χ3v) is 6.11. The van der Waals surface area contributed by atoms with Gasteiger partial charge in [0.05, 0.1) is 10.6 Å². The van der Waals surface area contributed by atoms with Crippen LogP contribution in [0.2, 0.25) is 0 Å². The maximum Gasteiger partial charge on any atom is 0.228 e. The van der Waals surface area contributed by atoms with E-state index in [-0.39, 0.29) is 23.0 Å². The molecule has 0 bridgehead atoms. The van der Waals surface area contributed by atoms with Crippen molar-refractivity contribution in [2.75, 3.05) is 17.2 Å². The number of nitrogens with zero attached hydrogens (tertiary/aromatic N) is 1. The SMILES string of the molecule is Cc1ccc(S(=O)(=O)CCC(=O)N2CCCc3ccccc32)cc1. The van der Waals surface area contributed by atoms with E-state index >= 15 is 0 Å². The Morgan fingerprint density at radius 1 is 1.08 bits per heavy atom. The molecule has 0 aliphatic carbocycles. The number of carbonyl (C=O) groups excluding carboxylic acids is 1. The van der Waals surface area contributed by atoms with Gasteiger partial charge in [0, 0.05) is 18.7 Å². The highest BCUT2D eigenvalue weighted by Crippen LogP contribution is 2.27. The largest absolute Gasteiger partial charge is 0.312 e. The zero-order chi connectivity index (χ0) is 17.2. The van der Waals surface area contributed by atoms with Gasteiger partial charge in [-0.15, -0.1) is 0 Å². The van der Waals surface area contributed by atoms with Crippen molar-refractivity contribution in [3.05, 3.63) is 59.7 Å². The van der Waals surface area contributed by atoms with Crippen molar-refractivity contribution in [2.45, 2.75) is 31.1 Å². The fourth-order valence-electron chi connectivity index (χ4n) is 3.01. The van der Waals surface area contributed by atoms with Crippen molar-refractivity contribution < 1.29 is 13.2 Å². The molecule has 0 radical (unpaired) electrons. The Morgan fingerprint density at radius 3 is 2.54 bits per heavy atom. The first kappa shape index (κ1) is 16.7. The van der Waals surface area contributed by atoms with Crippen LogP contribution in [0.5, 0.6) is 0 Å². The van der Waals surface area contributed by atoms with Gasteiger partial charge in [-0.1, -0.05) is 35.9 Å². The summed E-state index contributed by atoms with van der Waals surface area (Å²) in [5.74, 6) is -0.286. The predicted molar refractivity (Wildman–Crippen MR) is 95.0 cm³/mol. The van der Waals surface area contributed by atoms with Crippen molar-refractivity contribution in [1.29, 1.82) is 0 Å². The summed E-state index contributed by atoms with van der Waals surface area (Å²) in [5, 5.41) is 0. The Bertz CT molecular complexity index is 841. The predicted octanol–water partition coefficient (Wildman–Crippen LogP) is 3.14. The van der Waals surface area contributed by atoms with Crippen LogP contribution in [0.15, 0.2) is 53.4 Å². The van der Waals surface area contributed by atoms with E-state index in [2.05, 4.69) is 0 Å². The lowest BCUT2D eigenvalue weighted by Gasteiger charge is -2.29. The summed E-state index contributed by atoms with van der Waals surface area (Å²) in [6, 6.07) is 14.6. The lowest BCUT2D eigenvalue weighted by atomic mass is 10.0. The summed E-state index contributed by atoms with van der Waals surface area (Å²) < 4.78 is 24.8. The number of benzene rings is 2. The standard InChI is InChI=1S/C19H21NO3S/c1-15-8-10-17(11-9-15)24(22,23)14-12-19(21)20-13-4-6-16-5-2-3-7-18(16)20/h2-3,5,7-11H,4,6,12-14H2,1H3. The molecule has 126 valence electrons. The van der Waals surface area contributed by atoms with Crippen molar-refractivity contribution in [2.24, 2.45) is 0 Å². The maximum atomic E-state index is 12.6. The molecule has 0 unspecified atom stereocenters. The molecule has 4 nitrogen and oxygen atoms in total. The zero-order valence-corrected chi connectivity index (χ0v) is 14.6. The molecule has 5 heteroatoms. The molecule has 1 aliphatic rings. The normalized spacial score (nSPS) is 14.3. The molecule has 0 saturated carbocycles. The Balaban J connectivity index is 1.71. The molecule has 1 aliphatic heterocycles. The first-order valence-corrected chi connectivity index (χ1v) is 9.80. The molecule has 2 aromatic rings. The number of para-hydroxylation sites is 1. The van der Waals surface area contributed by atoms with E-state index in [0.717, 1.165) is 29.7 Å². The number of amides is 1. The lowest BCUT2D eigenvalue weighted by Crippen LogP contribution is -2.36. The van der Waals surface area contributed by atoms with E-state index in [9.17, 15) is 13.2 Å². The third kappa shape index (κ3) is 3.51. The first-order chi connectivity index (χ1) is 11.5. The Labute approximate surface area is 143 Å². The number of hydrogen-bond donors (Lipinski definition) is 0.